The number of hydrogen-bond acceptors (Lipinski definition) is 4. The van der Waals surface area contributed by atoms with Gasteiger partial charge in [0.1, 0.15) is 0 Å². The lowest BCUT2D eigenvalue weighted by Gasteiger charge is -2.09. The van der Waals surface area contributed by atoms with Crippen molar-refractivity contribution in [3.8, 4) is 6.07 Å². The summed E-state index contributed by atoms with van der Waals surface area (Å²) in [6.07, 6.45) is 0.176. The highest BCUT2D eigenvalue weighted by Gasteiger charge is 2.21. The quantitative estimate of drug-likeness (QED) is 0.903. The molecule has 7 heteroatoms. The fraction of sp³-hybridized carbons (Fsp3) is 0.0667. The van der Waals surface area contributed by atoms with Crippen molar-refractivity contribution < 1.29 is 13.2 Å². The molecule has 0 saturated heterocycles. The van der Waals surface area contributed by atoms with Gasteiger partial charge in [-0.3, -0.25) is 9.52 Å². The van der Waals surface area contributed by atoms with Gasteiger partial charge in [-0.1, -0.05) is 0 Å². The lowest BCUT2D eigenvalue weighted by molar-refractivity contribution is -0.115. The van der Waals surface area contributed by atoms with Gasteiger partial charge in [0.2, 0.25) is 5.91 Å². The van der Waals surface area contributed by atoms with Gasteiger partial charge in [0, 0.05) is 11.4 Å². The van der Waals surface area contributed by atoms with Crippen LogP contribution in [0.3, 0.4) is 0 Å². The van der Waals surface area contributed by atoms with Gasteiger partial charge in [0.05, 0.1) is 22.9 Å². The van der Waals surface area contributed by atoms with Crippen molar-refractivity contribution in [1.29, 1.82) is 5.26 Å². The molecule has 0 spiro atoms. The molecule has 0 unspecified atom stereocenters. The molecule has 2 aromatic carbocycles. The second kappa shape index (κ2) is 5.16. The van der Waals surface area contributed by atoms with Crippen molar-refractivity contribution in [1.82, 2.24) is 0 Å². The number of nitrogens with zero attached hydrogens (tertiary/aromatic N) is 1. The van der Waals surface area contributed by atoms with Crippen molar-refractivity contribution in [3.05, 3.63) is 53.6 Å². The number of nitriles is 1. The van der Waals surface area contributed by atoms with Crippen LogP contribution in [0.5, 0.6) is 0 Å². The molecule has 2 aromatic rings. The van der Waals surface area contributed by atoms with Crippen LogP contribution >= 0.6 is 0 Å². The normalized spacial score (nSPS) is 13.1. The van der Waals surface area contributed by atoms with E-state index in [1.807, 2.05) is 6.07 Å². The number of anilines is 2. The third-order valence-electron chi connectivity index (χ3n) is 3.28. The molecule has 1 heterocycles. The van der Waals surface area contributed by atoms with E-state index in [4.69, 9.17) is 5.26 Å². The maximum Gasteiger partial charge on any atom is 0.261 e. The molecule has 110 valence electrons. The number of rotatable bonds is 3. The summed E-state index contributed by atoms with van der Waals surface area (Å²) in [5.74, 6) is -0.149. The summed E-state index contributed by atoms with van der Waals surface area (Å²) >= 11 is 0. The SMILES string of the molecule is N#Cc1ccc(NS(=O)(=O)c2ccc3c(c2)CC(=O)N3)cc1. The Hall–Kier alpha value is -2.85. The van der Waals surface area contributed by atoms with E-state index in [1.165, 1.54) is 36.4 Å². The summed E-state index contributed by atoms with van der Waals surface area (Å²) < 4.78 is 27.2. The van der Waals surface area contributed by atoms with Crippen LogP contribution in [0.2, 0.25) is 0 Å². The zero-order chi connectivity index (χ0) is 15.7. The number of carbonyl (C=O) groups excluding carboxylic acids is 1. The maximum absolute atomic E-state index is 12.4. The highest BCUT2D eigenvalue weighted by Crippen LogP contribution is 2.26. The molecule has 22 heavy (non-hydrogen) atoms. The van der Waals surface area contributed by atoms with Gasteiger partial charge < -0.3 is 5.32 Å². The summed E-state index contributed by atoms with van der Waals surface area (Å²) in [7, 11) is -3.74. The van der Waals surface area contributed by atoms with E-state index in [1.54, 1.807) is 6.07 Å². The van der Waals surface area contributed by atoms with E-state index in [0.717, 1.165) is 0 Å². The van der Waals surface area contributed by atoms with Crippen LogP contribution in [0.15, 0.2) is 47.4 Å². The fourth-order valence-corrected chi connectivity index (χ4v) is 3.31. The Bertz CT molecular complexity index is 897. The number of fused-ring (bicyclic) bond motifs is 1. The maximum atomic E-state index is 12.4. The minimum atomic E-state index is -3.74. The lowest BCUT2D eigenvalue weighted by Crippen LogP contribution is -2.13. The highest BCUT2D eigenvalue weighted by atomic mass is 32.2. The lowest BCUT2D eigenvalue weighted by atomic mass is 10.2. The molecule has 0 atom stereocenters. The van der Waals surface area contributed by atoms with Gasteiger partial charge in [0.25, 0.3) is 10.0 Å². The van der Waals surface area contributed by atoms with Gasteiger partial charge in [-0.2, -0.15) is 5.26 Å². The van der Waals surface area contributed by atoms with Crippen LogP contribution in [0.25, 0.3) is 0 Å². The average molecular weight is 313 g/mol. The number of nitrogens with one attached hydrogen (secondary N) is 2. The smallest absolute Gasteiger partial charge is 0.261 e. The molecule has 3 rings (SSSR count). The first-order valence-corrected chi connectivity index (χ1v) is 7.92. The van der Waals surface area contributed by atoms with Gasteiger partial charge >= 0.3 is 0 Å². The van der Waals surface area contributed by atoms with Gasteiger partial charge in [-0.15, -0.1) is 0 Å². The monoisotopic (exact) mass is 313 g/mol. The third kappa shape index (κ3) is 2.64. The van der Waals surface area contributed by atoms with Crippen molar-refractivity contribution >= 4 is 27.3 Å². The predicted octanol–water partition coefficient (Wildman–Crippen LogP) is 1.85. The molecule has 1 aliphatic rings. The zero-order valence-electron chi connectivity index (χ0n) is 11.3. The van der Waals surface area contributed by atoms with Crippen LogP contribution in [0.4, 0.5) is 11.4 Å². The molecule has 1 aliphatic heterocycles. The van der Waals surface area contributed by atoms with Crippen LogP contribution in [-0.4, -0.2) is 14.3 Å². The van der Waals surface area contributed by atoms with Gasteiger partial charge in [0.15, 0.2) is 0 Å². The molecule has 2 N–H and O–H groups in total. The number of carbonyl (C=O) groups is 1. The number of amides is 1. The Morgan fingerprint density at radius 2 is 1.86 bits per heavy atom. The molecule has 0 aliphatic carbocycles. The summed E-state index contributed by atoms with van der Waals surface area (Å²) in [5, 5.41) is 11.4. The predicted molar refractivity (Wildman–Crippen MR) is 80.7 cm³/mol. The summed E-state index contributed by atoms with van der Waals surface area (Å²) in [5.41, 5.74) is 2.12. The molecule has 6 nitrogen and oxygen atoms in total. The van der Waals surface area contributed by atoms with Crippen LogP contribution in [0, 0.1) is 11.3 Å². The largest absolute Gasteiger partial charge is 0.326 e. The average Bonchev–Trinajstić information content (AvgIpc) is 2.86. The summed E-state index contributed by atoms with van der Waals surface area (Å²) in [4.78, 5) is 11.4. The Kier molecular flexibility index (Phi) is 3.31. The third-order valence-corrected chi connectivity index (χ3v) is 4.66. The van der Waals surface area contributed by atoms with E-state index in [0.29, 0.717) is 22.5 Å². The number of benzene rings is 2. The van der Waals surface area contributed by atoms with E-state index < -0.39 is 10.0 Å². The summed E-state index contributed by atoms with van der Waals surface area (Å²) in [6, 6.07) is 12.6. The fourth-order valence-electron chi connectivity index (χ4n) is 2.20. The number of hydrogen-bond donors (Lipinski definition) is 2. The molecule has 0 radical (unpaired) electrons. The van der Waals surface area contributed by atoms with Crippen molar-refractivity contribution in [3.63, 3.8) is 0 Å². The van der Waals surface area contributed by atoms with E-state index in [9.17, 15) is 13.2 Å². The standard InChI is InChI=1S/C15H11N3O3S/c16-9-10-1-3-12(4-2-10)18-22(20,21)13-5-6-14-11(7-13)8-15(19)17-14/h1-7,18H,8H2,(H,17,19). The molecular weight excluding hydrogens is 302 g/mol. The Morgan fingerprint density at radius 1 is 1.14 bits per heavy atom. The first kappa shape index (κ1) is 14.1. The number of sulfonamides is 1. The van der Waals surface area contributed by atoms with Gasteiger partial charge in [-0.05, 0) is 48.0 Å². The second-order valence-corrected chi connectivity index (χ2v) is 6.52. The van der Waals surface area contributed by atoms with Crippen molar-refractivity contribution in [2.45, 2.75) is 11.3 Å². The Morgan fingerprint density at radius 3 is 2.55 bits per heavy atom. The van der Waals surface area contributed by atoms with E-state index >= 15 is 0 Å². The molecule has 0 bridgehead atoms. The molecule has 0 saturated carbocycles. The van der Waals surface area contributed by atoms with E-state index in [-0.39, 0.29) is 17.2 Å². The van der Waals surface area contributed by atoms with Crippen molar-refractivity contribution in [2.75, 3.05) is 10.0 Å². The van der Waals surface area contributed by atoms with Crippen LogP contribution in [-0.2, 0) is 21.2 Å². The zero-order valence-corrected chi connectivity index (χ0v) is 12.1. The second-order valence-electron chi connectivity index (χ2n) is 4.84. The minimum Gasteiger partial charge on any atom is -0.326 e. The first-order chi connectivity index (χ1) is 10.5. The minimum absolute atomic E-state index is 0.0899. The van der Waals surface area contributed by atoms with Crippen LogP contribution < -0.4 is 10.0 Å². The first-order valence-electron chi connectivity index (χ1n) is 6.44. The summed E-state index contributed by atoms with van der Waals surface area (Å²) in [6.45, 7) is 0. The molecular formula is C15H11N3O3S. The Labute approximate surface area is 127 Å². The molecule has 1 amide bonds. The van der Waals surface area contributed by atoms with E-state index in [2.05, 4.69) is 10.0 Å². The topological polar surface area (TPSA) is 99.1 Å². The molecule has 0 fully saturated rings. The van der Waals surface area contributed by atoms with Crippen molar-refractivity contribution in [2.24, 2.45) is 0 Å². The highest BCUT2D eigenvalue weighted by molar-refractivity contribution is 7.92. The Balaban J connectivity index is 1.88. The molecule has 0 aromatic heterocycles. The van der Waals surface area contributed by atoms with Gasteiger partial charge in [-0.25, -0.2) is 8.42 Å². The van der Waals surface area contributed by atoms with Crippen LogP contribution in [0.1, 0.15) is 11.1 Å².